The third kappa shape index (κ3) is 5.03. The van der Waals surface area contributed by atoms with Crippen LogP contribution in [0.5, 0.6) is 0 Å². The van der Waals surface area contributed by atoms with Crippen molar-refractivity contribution in [2.45, 2.75) is 96.6 Å². The molecule has 0 aromatic heterocycles. The molecule has 1 fully saturated rings. The molecule has 4 nitrogen and oxygen atoms in total. The van der Waals surface area contributed by atoms with Crippen molar-refractivity contribution in [3.8, 4) is 0 Å². The van der Waals surface area contributed by atoms with Crippen LogP contribution >= 0.6 is 0 Å². The Morgan fingerprint density at radius 3 is 2.29 bits per heavy atom. The predicted molar refractivity (Wildman–Crippen MR) is 87.9 cm³/mol. The zero-order valence-electron chi connectivity index (χ0n) is 15.0. The zero-order valence-corrected chi connectivity index (χ0v) is 16.0. The molecule has 0 amide bonds. The molecule has 126 valence electrons. The van der Waals surface area contributed by atoms with Crippen molar-refractivity contribution in [3.63, 3.8) is 0 Å². The van der Waals surface area contributed by atoms with Crippen molar-refractivity contribution >= 4 is 8.32 Å². The first-order chi connectivity index (χ1) is 9.39. The average molecular weight is 319 g/mol. The molecule has 1 aliphatic heterocycles. The maximum atomic E-state index is 10.3. The smallest absolute Gasteiger partial charge is 0.192 e. The summed E-state index contributed by atoms with van der Waals surface area (Å²) in [5.74, 6) is -0.652. The Hall–Kier alpha value is 0.0569. The summed E-state index contributed by atoms with van der Waals surface area (Å²) in [5.41, 5.74) is 0. The summed E-state index contributed by atoms with van der Waals surface area (Å²) >= 11 is 0. The fourth-order valence-electron chi connectivity index (χ4n) is 2.29. The monoisotopic (exact) mass is 318 g/mol. The summed E-state index contributed by atoms with van der Waals surface area (Å²) in [6.45, 7) is 17.5. The summed E-state index contributed by atoms with van der Waals surface area (Å²) in [5, 5.41) is 10.5. The van der Waals surface area contributed by atoms with Gasteiger partial charge in [-0.3, -0.25) is 0 Å². The Morgan fingerprint density at radius 1 is 1.24 bits per heavy atom. The van der Waals surface area contributed by atoms with Crippen molar-refractivity contribution in [2.24, 2.45) is 0 Å². The molecule has 3 atom stereocenters. The molecule has 0 saturated carbocycles. The normalized spacial score (nSPS) is 27.9. The van der Waals surface area contributed by atoms with E-state index in [1.165, 1.54) is 0 Å². The minimum absolute atomic E-state index is 0.166. The highest BCUT2D eigenvalue weighted by molar-refractivity contribution is 6.74. The number of aliphatic hydroxyl groups excluding tert-OH is 1. The first-order valence-corrected chi connectivity index (χ1v) is 11.0. The van der Waals surface area contributed by atoms with Gasteiger partial charge in [-0.25, -0.2) is 0 Å². The van der Waals surface area contributed by atoms with Crippen molar-refractivity contribution in [1.82, 2.24) is 0 Å². The van der Waals surface area contributed by atoms with Crippen LogP contribution in [0.4, 0.5) is 0 Å². The number of hydrogen-bond acceptors (Lipinski definition) is 4. The molecular formula is C16H34O4Si. The van der Waals surface area contributed by atoms with Gasteiger partial charge in [0.2, 0.25) is 0 Å². The lowest BCUT2D eigenvalue weighted by Gasteiger charge is -2.37. The molecule has 1 heterocycles. The molecule has 1 N–H and O–H groups in total. The van der Waals surface area contributed by atoms with E-state index in [-0.39, 0.29) is 17.2 Å². The van der Waals surface area contributed by atoms with E-state index >= 15 is 0 Å². The second-order valence-corrected chi connectivity index (χ2v) is 12.9. The summed E-state index contributed by atoms with van der Waals surface area (Å²) in [7, 11) is -1.82. The van der Waals surface area contributed by atoms with E-state index in [9.17, 15) is 5.11 Å². The second kappa shape index (κ2) is 6.67. The highest BCUT2D eigenvalue weighted by Crippen LogP contribution is 2.38. The molecule has 0 aromatic carbocycles. The number of hydrogen-bond donors (Lipinski definition) is 1. The quantitative estimate of drug-likeness (QED) is 0.759. The van der Waals surface area contributed by atoms with Crippen LogP contribution in [0.25, 0.3) is 0 Å². The molecule has 1 rings (SSSR count). The molecular weight excluding hydrogens is 284 g/mol. The van der Waals surface area contributed by atoms with Crippen LogP contribution in [0.1, 0.15) is 54.4 Å². The fraction of sp³-hybridized carbons (Fsp3) is 1.00. The Balaban J connectivity index is 2.71. The minimum Gasteiger partial charge on any atom is -0.414 e. The first kappa shape index (κ1) is 19.1. The first-order valence-electron chi connectivity index (χ1n) is 8.07. The van der Waals surface area contributed by atoms with Gasteiger partial charge in [-0.1, -0.05) is 34.1 Å². The van der Waals surface area contributed by atoms with E-state index in [0.29, 0.717) is 6.61 Å². The van der Waals surface area contributed by atoms with Gasteiger partial charge in [0.1, 0.15) is 12.2 Å². The summed E-state index contributed by atoms with van der Waals surface area (Å²) in [6, 6.07) is 0. The van der Waals surface area contributed by atoms with Gasteiger partial charge in [0.05, 0.1) is 12.7 Å². The van der Waals surface area contributed by atoms with Crippen LogP contribution in [0, 0.1) is 0 Å². The Labute approximate surface area is 131 Å². The molecule has 0 unspecified atom stereocenters. The molecule has 5 heteroatoms. The SMILES string of the molecule is CCC[C@H](O)[C@@H]1OC(C)(C)O[C@@H]1CO[Si](C)(C)C(C)(C)C. The Kier molecular flexibility index (Phi) is 6.06. The molecule has 0 aliphatic carbocycles. The van der Waals surface area contributed by atoms with Crippen LogP contribution in [-0.4, -0.2) is 44.1 Å². The van der Waals surface area contributed by atoms with E-state index in [4.69, 9.17) is 13.9 Å². The molecule has 1 aliphatic rings. The molecule has 21 heavy (non-hydrogen) atoms. The van der Waals surface area contributed by atoms with Gasteiger partial charge in [0.15, 0.2) is 14.1 Å². The Morgan fingerprint density at radius 2 is 1.81 bits per heavy atom. The molecule has 0 radical (unpaired) electrons. The average Bonchev–Trinajstić information content (AvgIpc) is 2.61. The number of aliphatic hydroxyl groups is 1. The second-order valence-electron chi connectivity index (χ2n) is 8.07. The third-order valence-corrected chi connectivity index (χ3v) is 9.10. The number of rotatable bonds is 6. The van der Waals surface area contributed by atoms with Gasteiger partial charge >= 0.3 is 0 Å². The standard InChI is InChI=1S/C16H34O4Si/c1-9-10-12(17)14-13(19-16(5,6)20-14)11-18-21(7,8)15(2,3)4/h12-14,17H,9-11H2,1-8H3/t12-,13+,14-/m0/s1. The highest BCUT2D eigenvalue weighted by Gasteiger charge is 2.46. The lowest BCUT2D eigenvalue weighted by molar-refractivity contribution is -0.156. The third-order valence-electron chi connectivity index (χ3n) is 4.60. The van der Waals surface area contributed by atoms with Gasteiger partial charge in [0, 0.05) is 0 Å². The summed E-state index contributed by atoms with van der Waals surface area (Å²) in [6.07, 6.45) is 0.656. The van der Waals surface area contributed by atoms with Crippen molar-refractivity contribution in [3.05, 3.63) is 0 Å². The topological polar surface area (TPSA) is 47.9 Å². The summed E-state index contributed by atoms with van der Waals surface area (Å²) < 4.78 is 18.1. The van der Waals surface area contributed by atoms with Crippen molar-refractivity contribution in [1.29, 1.82) is 0 Å². The van der Waals surface area contributed by atoms with E-state index in [1.807, 2.05) is 13.8 Å². The van der Waals surface area contributed by atoms with Gasteiger partial charge in [-0.05, 0) is 38.4 Å². The lowest BCUT2D eigenvalue weighted by Crippen LogP contribution is -2.45. The van der Waals surface area contributed by atoms with Gasteiger partial charge < -0.3 is 19.0 Å². The van der Waals surface area contributed by atoms with E-state index < -0.39 is 20.2 Å². The summed E-state index contributed by atoms with van der Waals surface area (Å²) in [4.78, 5) is 0. The molecule has 0 aromatic rings. The largest absolute Gasteiger partial charge is 0.414 e. The van der Waals surface area contributed by atoms with Crippen LogP contribution in [0.15, 0.2) is 0 Å². The van der Waals surface area contributed by atoms with E-state index in [0.717, 1.165) is 12.8 Å². The van der Waals surface area contributed by atoms with E-state index in [1.54, 1.807) is 0 Å². The van der Waals surface area contributed by atoms with Gasteiger partial charge in [-0.2, -0.15) is 0 Å². The highest BCUT2D eigenvalue weighted by atomic mass is 28.4. The van der Waals surface area contributed by atoms with Crippen LogP contribution in [0.2, 0.25) is 18.1 Å². The zero-order chi connectivity index (χ0) is 16.5. The van der Waals surface area contributed by atoms with Gasteiger partial charge in [0.25, 0.3) is 0 Å². The van der Waals surface area contributed by atoms with Crippen LogP contribution < -0.4 is 0 Å². The fourth-order valence-corrected chi connectivity index (χ4v) is 3.30. The number of ether oxygens (including phenoxy) is 2. The van der Waals surface area contributed by atoms with Crippen molar-refractivity contribution in [2.75, 3.05) is 6.61 Å². The minimum atomic E-state index is -1.82. The molecule has 0 bridgehead atoms. The Bertz CT molecular complexity index is 336. The molecule has 0 spiro atoms. The van der Waals surface area contributed by atoms with Crippen molar-refractivity contribution < 1.29 is 19.0 Å². The van der Waals surface area contributed by atoms with Crippen LogP contribution in [0.3, 0.4) is 0 Å². The maximum Gasteiger partial charge on any atom is 0.192 e. The predicted octanol–water partition coefficient (Wildman–Crippen LogP) is 3.69. The van der Waals surface area contributed by atoms with Crippen LogP contribution in [-0.2, 0) is 13.9 Å². The maximum absolute atomic E-state index is 10.3. The lowest BCUT2D eigenvalue weighted by atomic mass is 10.0. The van der Waals surface area contributed by atoms with Gasteiger partial charge in [-0.15, -0.1) is 0 Å². The van der Waals surface area contributed by atoms with E-state index in [2.05, 4.69) is 40.8 Å². The molecule has 1 saturated heterocycles.